The number of thiazole rings is 1. The maximum atomic E-state index is 4.84. The number of rotatable bonds is 1. The molecule has 2 aliphatic heterocycles. The van der Waals surface area contributed by atoms with Crippen LogP contribution in [0.15, 0.2) is 28.9 Å². The first-order valence-electron chi connectivity index (χ1n) is 13.2. The van der Waals surface area contributed by atoms with E-state index in [1.165, 1.54) is 18.4 Å². The molecule has 0 atom stereocenters. The Morgan fingerprint density at radius 1 is 1.00 bits per heavy atom. The van der Waals surface area contributed by atoms with E-state index in [-0.39, 0.29) is 0 Å². The fraction of sp³-hybridized carbons (Fsp3) is 0.586. The van der Waals surface area contributed by atoms with Crippen LogP contribution in [0.4, 0.5) is 5.00 Å². The van der Waals surface area contributed by atoms with Crippen LogP contribution in [0.3, 0.4) is 0 Å². The van der Waals surface area contributed by atoms with E-state index >= 15 is 0 Å². The lowest BCUT2D eigenvalue weighted by Gasteiger charge is -2.45. The highest BCUT2D eigenvalue weighted by molar-refractivity contribution is 7.15. The quantitative estimate of drug-likeness (QED) is 0.374. The highest BCUT2D eigenvalue weighted by atomic mass is 32.1. The van der Waals surface area contributed by atoms with E-state index in [1.54, 1.807) is 11.3 Å². The van der Waals surface area contributed by atoms with Crippen molar-refractivity contribution < 1.29 is 0 Å². The van der Waals surface area contributed by atoms with E-state index in [9.17, 15) is 0 Å². The maximum Gasteiger partial charge on any atom is 0.156 e. The summed E-state index contributed by atoms with van der Waals surface area (Å²) in [6, 6.07) is 2.06. The Hall–Kier alpha value is -2.38. The molecule has 0 amide bonds. The van der Waals surface area contributed by atoms with Gasteiger partial charge in [0.05, 0.1) is 28.3 Å². The zero-order valence-corrected chi connectivity index (χ0v) is 24.9. The molecule has 0 aliphatic carbocycles. The summed E-state index contributed by atoms with van der Waals surface area (Å²) >= 11 is 1.64. The van der Waals surface area contributed by atoms with Crippen molar-refractivity contribution in [1.29, 1.82) is 0 Å². The van der Waals surface area contributed by atoms with Crippen molar-refractivity contribution >= 4 is 27.7 Å². The van der Waals surface area contributed by atoms with Gasteiger partial charge in [-0.1, -0.05) is 37.7 Å². The fourth-order valence-corrected chi connectivity index (χ4v) is 6.50. The fourth-order valence-electron chi connectivity index (χ4n) is 5.69. The third-order valence-corrected chi connectivity index (χ3v) is 7.13. The molecule has 0 bridgehead atoms. The van der Waals surface area contributed by atoms with Crippen LogP contribution < -0.4 is 5.32 Å². The number of piperidine rings is 1. The van der Waals surface area contributed by atoms with Crippen LogP contribution in [-0.2, 0) is 6.42 Å². The van der Waals surface area contributed by atoms with Gasteiger partial charge in [-0.2, -0.15) is 5.10 Å². The number of hydrogen-bond donors (Lipinski definition) is 1. The molecule has 3 aromatic heterocycles. The topological polar surface area (TPSA) is 67.5 Å². The zero-order valence-electron chi connectivity index (χ0n) is 24.1. The Morgan fingerprint density at radius 3 is 2.25 bits per heavy atom. The summed E-state index contributed by atoms with van der Waals surface area (Å²) in [5.74, 6) is 0.862. The molecule has 196 valence electrons. The molecule has 5 heterocycles. The molecule has 6 nitrogen and oxygen atoms in total. The lowest BCUT2D eigenvalue weighted by Crippen LogP contribution is -2.57. The summed E-state index contributed by atoms with van der Waals surface area (Å²) in [6.45, 7) is 23.7. The Morgan fingerprint density at radius 2 is 1.64 bits per heavy atom. The third kappa shape index (κ3) is 6.88. The number of hydrogen-bond acceptors (Lipinski definition) is 6. The van der Waals surface area contributed by atoms with Crippen LogP contribution in [0.2, 0.25) is 0 Å². The summed E-state index contributed by atoms with van der Waals surface area (Å²) in [5.41, 5.74) is 7.70. The molecule has 0 spiro atoms. The smallest absolute Gasteiger partial charge is 0.156 e. The lowest BCUT2D eigenvalue weighted by atomic mass is 9.77. The normalized spacial score (nSPS) is 18.6. The third-order valence-electron chi connectivity index (χ3n) is 6.22. The summed E-state index contributed by atoms with van der Waals surface area (Å²) in [4.78, 5) is 13.9. The zero-order chi connectivity index (χ0) is 26.8. The minimum atomic E-state index is 0.334. The maximum absolute atomic E-state index is 4.84. The summed E-state index contributed by atoms with van der Waals surface area (Å²) in [6.07, 6.45) is 7.51. The van der Waals surface area contributed by atoms with Gasteiger partial charge in [-0.3, -0.25) is 0 Å². The van der Waals surface area contributed by atoms with Crippen LogP contribution in [0.25, 0.3) is 5.65 Å². The second kappa shape index (κ2) is 10.9. The van der Waals surface area contributed by atoms with Crippen molar-refractivity contribution in [2.45, 2.75) is 107 Å². The Bertz CT molecular complexity index is 1260. The number of nitrogens with zero attached hydrogens (tertiary/aromatic N) is 5. The molecular weight excluding hydrogens is 464 g/mol. The molecule has 2 aliphatic rings. The van der Waals surface area contributed by atoms with Gasteiger partial charge in [0.2, 0.25) is 0 Å². The first-order valence-corrected chi connectivity index (χ1v) is 14.0. The van der Waals surface area contributed by atoms with Gasteiger partial charge in [-0.05, 0) is 91.9 Å². The number of aliphatic imine (C=N–C) groups is 1. The Balaban J connectivity index is 0.000000235. The Labute approximate surface area is 221 Å². The van der Waals surface area contributed by atoms with E-state index in [4.69, 9.17) is 10.1 Å². The summed E-state index contributed by atoms with van der Waals surface area (Å²) < 4.78 is 1.84. The first-order chi connectivity index (χ1) is 16.8. The van der Waals surface area contributed by atoms with Crippen molar-refractivity contribution in [1.82, 2.24) is 24.9 Å². The van der Waals surface area contributed by atoms with Gasteiger partial charge in [0, 0.05) is 17.5 Å². The predicted molar refractivity (Wildman–Crippen MR) is 154 cm³/mol. The number of imidazole rings is 1. The molecule has 5 rings (SSSR count). The second-order valence-electron chi connectivity index (χ2n) is 11.4. The highest BCUT2D eigenvalue weighted by Gasteiger charge is 2.35. The molecule has 7 heteroatoms. The van der Waals surface area contributed by atoms with Crippen LogP contribution in [0, 0.1) is 26.7 Å². The molecule has 1 saturated heterocycles. The number of fused-ring (bicyclic) bond motifs is 2. The van der Waals surface area contributed by atoms with E-state index in [0.29, 0.717) is 11.1 Å². The standard InChI is InChI=1S/C17H17N5S.C10H21N.C2H6/c1-9-5-13(20-17-15(6-9)19-12(4)23-17)14-7-10(2)16-18-11(3)8-22(16)21-14;1-8-6-9(2,3)11-10(4,5)7-8;1-2/h5,7-8H,6H2,1-4H3;8,11H,6-7H2,1-5H3;1-2H3. The van der Waals surface area contributed by atoms with Gasteiger partial charge in [0.1, 0.15) is 10.7 Å². The average Bonchev–Trinajstić information content (AvgIpc) is 3.23. The lowest BCUT2D eigenvalue weighted by molar-refractivity contribution is 0.138. The van der Waals surface area contributed by atoms with Crippen LogP contribution in [0.1, 0.15) is 95.9 Å². The molecule has 0 radical (unpaired) electrons. The van der Waals surface area contributed by atoms with Crippen molar-refractivity contribution in [3.8, 4) is 0 Å². The molecule has 36 heavy (non-hydrogen) atoms. The largest absolute Gasteiger partial charge is 0.307 e. The molecule has 0 saturated carbocycles. The van der Waals surface area contributed by atoms with E-state index in [0.717, 1.165) is 56.4 Å². The van der Waals surface area contributed by atoms with Crippen molar-refractivity contribution in [2.24, 2.45) is 10.9 Å². The summed E-state index contributed by atoms with van der Waals surface area (Å²) in [7, 11) is 0. The second-order valence-corrected chi connectivity index (χ2v) is 12.6. The van der Waals surface area contributed by atoms with E-state index < -0.39 is 0 Å². The number of allylic oxidation sites excluding steroid dienone is 2. The summed E-state index contributed by atoms with van der Waals surface area (Å²) in [5, 5.41) is 10.4. The molecule has 0 aromatic carbocycles. The number of aromatic nitrogens is 4. The van der Waals surface area contributed by atoms with Crippen LogP contribution in [-0.4, -0.2) is 36.4 Å². The van der Waals surface area contributed by atoms with Gasteiger partial charge in [-0.25, -0.2) is 19.5 Å². The number of aryl methyl sites for hydroxylation is 3. The molecule has 0 unspecified atom stereocenters. The van der Waals surface area contributed by atoms with Crippen molar-refractivity contribution in [3.63, 3.8) is 0 Å². The van der Waals surface area contributed by atoms with Gasteiger partial charge in [0.15, 0.2) is 5.65 Å². The average molecular weight is 509 g/mol. The van der Waals surface area contributed by atoms with E-state index in [1.807, 2.05) is 38.4 Å². The number of nitrogens with one attached hydrogen (secondary N) is 1. The molecule has 1 fully saturated rings. The Kier molecular flexibility index (Phi) is 8.56. The molecular formula is C29H44N6S. The first kappa shape index (κ1) is 28.2. The van der Waals surface area contributed by atoms with Gasteiger partial charge < -0.3 is 5.32 Å². The minimum Gasteiger partial charge on any atom is -0.307 e. The van der Waals surface area contributed by atoms with Gasteiger partial charge >= 0.3 is 0 Å². The minimum absolute atomic E-state index is 0.334. The van der Waals surface area contributed by atoms with Crippen molar-refractivity contribution in [3.05, 3.63) is 51.6 Å². The SMILES string of the molecule is CC.CC1=CC(c2cc(C)c3nc(C)cn3n2)=Nc2sc(C)nc2C1.CC1CC(C)(C)NC(C)(C)C1. The van der Waals surface area contributed by atoms with Gasteiger partial charge in [-0.15, -0.1) is 0 Å². The van der Waals surface area contributed by atoms with Gasteiger partial charge in [0.25, 0.3) is 0 Å². The van der Waals surface area contributed by atoms with Crippen molar-refractivity contribution in [2.75, 3.05) is 0 Å². The highest BCUT2D eigenvalue weighted by Crippen LogP contribution is 2.33. The molecule has 3 aromatic rings. The van der Waals surface area contributed by atoms with E-state index in [2.05, 4.69) is 75.9 Å². The van der Waals surface area contributed by atoms with Crippen LogP contribution >= 0.6 is 11.3 Å². The monoisotopic (exact) mass is 508 g/mol. The predicted octanol–water partition coefficient (Wildman–Crippen LogP) is 7.32. The van der Waals surface area contributed by atoms with Crippen LogP contribution in [0.5, 0.6) is 0 Å². The molecule has 1 N–H and O–H groups in total.